The fourth-order valence-electron chi connectivity index (χ4n) is 2.02. The summed E-state index contributed by atoms with van der Waals surface area (Å²) in [5.41, 5.74) is 1.03. The van der Waals surface area contributed by atoms with E-state index in [9.17, 15) is 10.1 Å². The van der Waals surface area contributed by atoms with E-state index >= 15 is 0 Å². The third-order valence-electron chi connectivity index (χ3n) is 4.09. The first-order valence-electron chi connectivity index (χ1n) is 8.05. The molecule has 0 unspecified atom stereocenters. The summed E-state index contributed by atoms with van der Waals surface area (Å²) in [7, 11) is 0. The Morgan fingerprint density at radius 1 is 1.36 bits per heavy atom. The molecule has 2 rings (SSSR count). The molecule has 0 aliphatic rings. The first-order chi connectivity index (χ1) is 11.7. The SMILES string of the molecule is Cc1cccc(-c2nnc(S[C@@H](C)C(=O)N[C@](C)(C#N)C(C)C)o2)c1. The van der Waals surface area contributed by atoms with Gasteiger partial charge in [-0.1, -0.05) is 43.3 Å². The maximum atomic E-state index is 12.4. The number of nitriles is 1. The lowest BCUT2D eigenvalue weighted by Gasteiger charge is -2.28. The van der Waals surface area contributed by atoms with Crippen molar-refractivity contribution in [3.05, 3.63) is 29.8 Å². The lowest BCUT2D eigenvalue weighted by atomic mass is 9.90. The molecule has 0 saturated heterocycles. The highest BCUT2D eigenvalue weighted by atomic mass is 32.2. The largest absolute Gasteiger partial charge is 0.411 e. The number of hydrogen-bond donors (Lipinski definition) is 1. The number of rotatable bonds is 6. The van der Waals surface area contributed by atoms with Crippen LogP contribution in [0.1, 0.15) is 33.3 Å². The molecule has 132 valence electrons. The summed E-state index contributed by atoms with van der Waals surface area (Å²) < 4.78 is 5.65. The molecule has 1 amide bonds. The average molecular weight is 358 g/mol. The molecule has 0 aliphatic carbocycles. The van der Waals surface area contributed by atoms with Crippen LogP contribution in [0.5, 0.6) is 0 Å². The monoisotopic (exact) mass is 358 g/mol. The van der Waals surface area contributed by atoms with Gasteiger partial charge in [-0.25, -0.2) is 0 Å². The molecule has 25 heavy (non-hydrogen) atoms. The molecule has 0 fully saturated rings. The molecular formula is C18H22N4O2S. The Bertz CT molecular complexity index is 796. The second kappa shape index (κ2) is 7.70. The van der Waals surface area contributed by atoms with Gasteiger partial charge in [0.15, 0.2) is 0 Å². The van der Waals surface area contributed by atoms with Crippen LogP contribution >= 0.6 is 11.8 Å². The van der Waals surface area contributed by atoms with E-state index in [-0.39, 0.29) is 11.8 Å². The lowest BCUT2D eigenvalue weighted by molar-refractivity contribution is -0.121. The van der Waals surface area contributed by atoms with Gasteiger partial charge in [-0.05, 0) is 38.8 Å². The first-order valence-corrected chi connectivity index (χ1v) is 8.93. The van der Waals surface area contributed by atoms with Crippen molar-refractivity contribution < 1.29 is 9.21 Å². The van der Waals surface area contributed by atoms with Crippen LogP contribution in [0.2, 0.25) is 0 Å². The Morgan fingerprint density at radius 2 is 2.08 bits per heavy atom. The Labute approximate surface area is 152 Å². The molecule has 0 bridgehead atoms. The van der Waals surface area contributed by atoms with Crippen LogP contribution in [-0.4, -0.2) is 26.9 Å². The Morgan fingerprint density at radius 3 is 2.68 bits per heavy atom. The molecule has 7 heteroatoms. The topological polar surface area (TPSA) is 91.8 Å². The third-order valence-corrected chi connectivity index (χ3v) is 5.02. The third kappa shape index (κ3) is 4.60. The maximum absolute atomic E-state index is 12.4. The smallest absolute Gasteiger partial charge is 0.277 e. The van der Waals surface area contributed by atoms with Gasteiger partial charge in [-0.15, -0.1) is 10.2 Å². The minimum Gasteiger partial charge on any atom is -0.411 e. The first kappa shape index (κ1) is 19.0. The highest BCUT2D eigenvalue weighted by Crippen LogP contribution is 2.27. The van der Waals surface area contributed by atoms with Gasteiger partial charge in [0.1, 0.15) is 5.54 Å². The highest BCUT2D eigenvalue weighted by Gasteiger charge is 2.32. The van der Waals surface area contributed by atoms with Crippen molar-refractivity contribution in [1.82, 2.24) is 15.5 Å². The van der Waals surface area contributed by atoms with Crippen LogP contribution in [0, 0.1) is 24.2 Å². The van der Waals surface area contributed by atoms with Crippen LogP contribution in [0.25, 0.3) is 11.5 Å². The molecule has 6 nitrogen and oxygen atoms in total. The van der Waals surface area contributed by atoms with E-state index in [1.165, 1.54) is 11.8 Å². The Hall–Kier alpha value is -2.33. The van der Waals surface area contributed by atoms with Crippen molar-refractivity contribution in [2.75, 3.05) is 0 Å². The van der Waals surface area contributed by atoms with Crippen molar-refractivity contribution in [2.24, 2.45) is 5.92 Å². The van der Waals surface area contributed by atoms with Crippen molar-refractivity contribution in [2.45, 2.75) is 50.6 Å². The number of nitrogens with one attached hydrogen (secondary N) is 1. The quantitative estimate of drug-likeness (QED) is 0.794. The number of hydrogen-bond acceptors (Lipinski definition) is 6. The van der Waals surface area contributed by atoms with Crippen LogP contribution < -0.4 is 5.32 Å². The number of amides is 1. The van der Waals surface area contributed by atoms with E-state index in [0.717, 1.165) is 11.1 Å². The average Bonchev–Trinajstić information content (AvgIpc) is 3.03. The summed E-state index contributed by atoms with van der Waals surface area (Å²) >= 11 is 1.17. The predicted molar refractivity (Wildman–Crippen MR) is 96.8 cm³/mol. The lowest BCUT2D eigenvalue weighted by Crippen LogP contribution is -2.51. The maximum Gasteiger partial charge on any atom is 0.277 e. The number of thioether (sulfide) groups is 1. The van der Waals surface area contributed by atoms with Crippen molar-refractivity contribution in [3.8, 4) is 17.5 Å². The van der Waals surface area contributed by atoms with Gasteiger partial charge in [-0.2, -0.15) is 5.26 Å². The van der Waals surface area contributed by atoms with E-state index < -0.39 is 10.8 Å². The molecule has 1 aromatic carbocycles. The van der Waals surface area contributed by atoms with Crippen LogP contribution in [0.15, 0.2) is 33.9 Å². The Balaban J connectivity index is 2.05. The minimum atomic E-state index is -0.909. The zero-order valence-corrected chi connectivity index (χ0v) is 15.8. The molecule has 0 spiro atoms. The fraction of sp³-hybridized carbons (Fsp3) is 0.444. The summed E-state index contributed by atoms with van der Waals surface area (Å²) in [6, 6.07) is 9.93. The summed E-state index contributed by atoms with van der Waals surface area (Å²) in [5.74, 6) is 0.177. The summed E-state index contributed by atoms with van der Waals surface area (Å²) in [5, 5.41) is 20.0. The highest BCUT2D eigenvalue weighted by molar-refractivity contribution is 8.00. The zero-order valence-electron chi connectivity index (χ0n) is 15.0. The fourth-order valence-corrected chi connectivity index (χ4v) is 2.70. The number of aryl methyl sites for hydroxylation is 1. The van der Waals surface area contributed by atoms with E-state index in [0.29, 0.717) is 11.1 Å². The number of carbonyl (C=O) groups excluding carboxylic acids is 1. The van der Waals surface area contributed by atoms with Gasteiger partial charge < -0.3 is 9.73 Å². The number of benzene rings is 1. The molecule has 0 saturated carbocycles. The Kier molecular flexibility index (Phi) is 5.85. The van der Waals surface area contributed by atoms with E-state index in [1.807, 2.05) is 45.0 Å². The van der Waals surface area contributed by atoms with Gasteiger partial charge in [0.05, 0.1) is 11.3 Å². The molecule has 1 heterocycles. The standard InChI is InChI=1S/C18H22N4O2S/c1-11(2)18(5,10-19)20-15(23)13(4)25-17-22-21-16(24-17)14-8-6-7-12(3)9-14/h6-9,11,13H,1-5H3,(H,20,23)/t13-,18+/m0/s1. The summed E-state index contributed by atoms with van der Waals surface area (Å²) in [6.45, 7) is 9.24. The van der Waals surface area contributed by atoms with E-state index in [4.69, 9.17) is 4.42 Å². The number of carbonyl (C=O) groups is 1. The van der Waals surface area contributed by atoms with Gasteiger partial charge in [0.25, 0.3) is 5.22 Å². The molecular weight excluding hydrogens is 336 g/mol. The zero-order chi connectivity index (χ0) is 18.6. The van der Waals surface area contributed by atoms with Gasteiger partial charge in [0, 0.05) is 5.56 Å². The summed E-state index contributed by atoms with van der Waals surface area (Å²) in [6.07, 6.45) is 0. The van der Waals surface area contributed by atoms with Crippen molar-refractivity contribution in [1.29, 1.82) is 5.26 Å². The molecule has 1 N–H and O–H groups in total. The normalized spacial score (nSPS) is 14.6. The molecule has 0 aliphatic heterocycles. The minimum absolute atomic E-state index is 0.00465. The number of aromatic nitrogens is 2. The molecule has 2 aromatic rings. The van der Waals surface area contributed by atoms with E-state index in [1.54, 1.807) is 13.8 Å². The van der Waals surface area contributed by atoms with Crippen molar-refractivity contribution in [3.63, 3.8) is 0 Å². The van der Waals surface area contributed by atoms with Gasteiger partial charge >= 0.3 is 0 Å². The molecule has 1 aromatic heterocycles. The molecule has 0 radical (unpaired) electrons. The predicted octanol–water partition coefficient (Wildman–Crippen LogP) is 3.58. The second-order valence-electron chi connectivity index (χ2n) is 6.46. The summed E-state index contributed by atoms with van der Waals surface area (Å²) in [4.78, 5) is 12.4. The van der Waals surface area contributed by atoms with Gasteiger partial charge in [0.2, 0.25) is 11.8 Å². The van der Waals surface area contributed by atoms with Crippen LogP contribution in [0.3, 0.4) is 0 Å². The second-order valence-corrected chi connectivity index (χ2v) is 7.75. The number of nitrogens with zero attached hydrogens (tertiary/aromatic N) is 3. The van der Waals surface area contributed by atoms with Crippen LogP contribution in [0.4, 0.5) is 0 Å². The van der Waals surface area contributed by atoms with Gasteiger partial charge in [-0.3, -0.25) is 4.79 Å². The van der Waals surface area contributed by atoms with Crippen LogP contribution in [-0.2, 0) is 4.79 Å². The van der Waals surface area contributed by atoms with Crippen molar-refractivity contribution >= 4 is 17.7 Å². The molecule has 2 atom stereocenters. The van der Waals surface area contributed by atoms with E-state index in [2.05, 4.69) is 21.6 Å².